The maximum atomic E-state index is 9.69. The molecule has 1 aromatic carbocycles. The summed E-state index contributed by atoms with van der Waals surface area (Å²) in [5.74, 6) is 1.47. The van der Waals surface area contributed by atoms with Crippen LogP contribution < -0.4 is 4.74 Å². The third kappa shape index (κ3) is 1.27. The van der Waals surface area contributed by atoms with Gasteiger partial charge in [-0.05, 0) is 18.6 Å². The molecule has 2 heteroatoms. The van der Waals surface area contributed by atoms with Crippen molar-refractivity contribution in [2.45, 2.75) is 19.8 Å². The van der Waals surface area contributed by atoms with Crippen molar-refractivity contribution >= 4 is 5.57 Å². The van der Waals surface area contributed by atoms with E-state index in [1.54, 1.807) is 6.07 Å². The van der Waals surface area contributed by atoms with Crippen molar-refractivity contribution in [1.29, 1.82) is 0 Å². The average Bonchev–Trinajstić information content (AvgIpc) is 2.46. The molecule has 0 saturated heterocycles. The normalized spacial score (nSPS) is 18.9. The molecule has 0 saturated carbocycles. The smallest absolute Gasteiger partial charge is 0.126 e. The van der Waals surface area contributed by atoms with Crippen molar-refractivity contribution < 1.29 is 9.84 Å². The average molecular weight is 190 g/mol. The predicted octanol–water partition coefficient (Wildman–Crippen LogP) is 2.92. The van der Waals surface area contributed by atoms with E-state index in [0.29, 0.717) is 12.5 Å². The van der Waals surface area contributed by atoms with Gasteiger partial charge in [-0.3, -0.25) is 0 Å². The van der Waals surface area contributed by atoms with Crippen LogP contribution in [0, 0.1) is 0 Å². The van der Waals surface area contributed by atoms with Gasteiger partial charge >= 0.3 is 0 Å². The first kappa shape index (κ1) is 9.13. The Morgan fingerprint density at radius 2 is 2.29 bits per heavy atom. The van der Waals surface area contributed by atoms with E-state index >= 15 is 0 Å². The number of aromatic hydroxyl groups is 1. The van der Waals surface area contributed by atoms with E-state index < -0.39 is 0 Å². The Morgan fingerprint density at radius 1 is 1.57 bits per heavy atom. The number of allylic oxidation sites excluding steroid dienone is 1. The number of hydrogen-bond donors (Lipinski definition) is 1. The summed E-state index contributed by atoms with van der Waals surface area (Å²) in [7, 11) is 0. The van der Waals surface area contributed by atoms with Gasteiger partial charge < -0.3 is 9.84 Å². The summed E-state index contributed by atoms with van der Waals surface area (Å²) in [4.78, 5) is 0. The summed E-state index contributed by atoms with van der Waals surface area (Å²) in [5.41, 5.74) is 2.87. The number of benzene rings is 1. The Balaban J connectivity index is 2.57. The zero-order valence-corrected chi connectivity index (χ0v) is 8.50. The molecule has 1 N–H and O–H groups in total. The van der Waals surface area contributed by atoms with Crippen LogP contribution in [0.2, 0.25) is 0 Å². The van der Waals surface area contributed by atoms with Crippen molar-refractivity contribution in [3.63, 3.8) is 0 Å². The third-order valence-electron chi connectivity index (χ3n) is 2.61. The number of phenolic OH excluding ortho intramolecular Hbond substituents is 1. The fourth-order valence-corrected chi connectivity index (χ4v) is 1.74. The van der Waals surface area contributed by atoms with Gasteiger partial charge in [0.25, 0.3) is 0 Å². The lowest BCUT2D eigenvalue weighted by atomic mass is 9.98. The van der Waals surface area contributed by atoms with Crippen molar-refractivity contribution in [3.8, 4) is 11.5 Å². The van der Waals surface area contributed by atoms with Gasteiger partial charge in [0.05, 0.1) is 6.61 Å². The molecule has 1 atom stereocenters. The minimum Gasteiger partial charge on any atom is -0.507 e. The molecular weight excluding hydrogens is 176 g/mol. The Morgan fingerprint density at radius 3 is 2.93 bits per heavy atom. The zero-order chi connectivity index (χ0) is 10.3. The van der Waals surface area contributed by atoms with Gasteiger partial charge in [0.1, 0.15) is 11.5 Å². The molecule has 0 fully saturated rings. The highest BCUT2D eigenvalue weighted by Gasteiger charge is 2.22. The number of fused-ring (bicyclic) bond motifs is 1. The molecule has 0 amide bonds. The Kier molecular flexibility index (Phi) is 1.99. The third-order valence-corrected chi connectivity index (χ3v) is 2.61. The maximum absolute atomic E-state index is 9.69. The molecule has 1 heterocycles. The van der Waals surface area contributed by atoms with Crippen LogP contribution in [0.1, 0.15) is 30.9 Å². The fraction of sp³-hybridized carbons (Fsp3) is 0.333. The second-order valence-electron chi connectivity index (χ2n) is 3.90. The largest absolute Gasteiger partial charge is 0.507 e. The summed E-state index contributed by atoms with van der Waals surface area (Å²) < 4.78 is 5.44. The van der Waals surface area contributed by atoms with Crippen LogP contribution in [0.5, 0.6) is 11.5 Å². The van der Waals surface area contributed by atoms with Crippen LogP contribution >= 0.6 is 0 Å². The highest BCUT2D eigenvalue weighted by Crippen LogP contribution is 2.39. The molecule has 1 aliphatic heterocycles. The maximum Gasteiger partial charge on any atom is 0.126 e. The first-order valence-corrected chi connectivity index (χ1v) is 4.75. The first-order chi connectivity index (χ1) is 6.59. The van der Waals surface area contributed by atoms with Crippen LogP contribution in [-0.4, -0.2) is 11.7 Å². The molecule has 0 spiro atoms. The van der Waals surface area contributed by atoms with Crippen LogP contribution in [0.15, 0.2) is 18.7 Å². The van der Waals surface area contributed by atoms with Crippen LogP contribution in [0.4, 0.5) is 0 Å². The lowest BCUT2D eigenvalue weighted by Crippen LogP contribution is -1.93. The van der Waals surface area contributed by atoms with E-state index in [1.165, 1.54) is 5.56 Å². The van der Waals surface area contributed by atoms with Gasteiger partial charge in [-0.2, -0.15) is 0 Å². The van der Waals surface area contributed by atoms with E-state index in [0.717, 1.165) is 16.9 Å². The van der Waals surface area contributed by atoms with Crippen molar-refractivity contribution in [2.75, 3.05) is 6.61 Å². The predicted molar refractivity (Wildman–Crippen MR) is 56.7 cm³/mol. The summed E-state index contributed by atoms with van der Waals surface area (Å²) in [6, 6.07) is 3.66. The molecule has 1 aliphatic rings. The van der Waals surface area contributed by atoms with Crippen LogP contribution in [0.25, 0.3) is 5.57 Å². The summed E-state index contributed by atoms with van der Waals surface area (Å²) in [6.45, 7) is 8.55. The van der Waals surface area contributed by atoms with Crippen molar-refractivity contribution in [1.82, 2.24) is 0 Å². The first-order valence-electron chi connectivity index (χ1n) is 4.75. The molecule has 1 aromatic rings. The van der Waals surface area contributed by atoms with Gasteiger partial charge in [-0.1, -0.05) is 13.5 Å². The highest BCUT2D eigenvalue weighted by molar-refractivity contribution is 5.69. The zero-order valence-electron chi connectivity index (χ0n) is 8.50. The van der Waals surface area contributed by atoms with Crippen molar-refractivity contribution in [2.24, 2.45) is 0 Å². The van der Waals surface area contributed by atoms with E-state index in [1.807, 2.05) is 13.0 Å². The van der Waals surface area contributed by atoms with Gasteiger partial charge in [0.2, 0.25) is 0 Å². The summed E-state index contributed by atoms with van der Waals surface area (Å²) in [5, 5.41) is 9.69. The Labute approximate surface area is 83.8 Å². The molecule has 2 rings (SSSR count). The molecule has 74 valence electrons. The van der Waals surface area contributed by atoms with Gasteiger partial charge in [0, 0.05) is 23.1 Å². The number of rotatable bonds is 1. The standard InChI is InChI=1S/C12H14O2/c1-7(2)9-4-10-8(3)6-14-12(10)5-11(9)13/h4-5,8,13H,1,6H2,2-3H3. The van der Waals surface area contributed by atoms with E-state index in [2.05, 4.69) is 13.5 Å². The summed E-state index contributed by atoms with van der Waals surface area (Å²) >= 11 is 0. The Bertz CT molecular complexity index is 394. The van der Waals surface area contributed by atoms with Gasteiger partial charge in [0.15, 0.2) is 0 Å². The molecule has 0 bridgehead atoms. The molecule has 0 aliphatic carbocycles. The van der Waals surface area contributed by atoms with E-state index in [9.17, 15) is 5.11 Å². The topological polar surface area (TPSA) is 29.5 Å². The Hall–Kier alpha value is -1.44. The van der Waals surface area contributed by atoms with E-state index in [-0.39, 0.29) is 5.75 Å². The molecule has 1 unspecified atom stereocenters. The fourth-order valence-electron chi connectivity index (χ4n) is 1.74. The number of ether oxygens (including phenoxy) is 1. The lowest BCUT2D eigenvalue weighted by Gasteiger charge is -2.07. The summed E-state index contributed by atoms with van der Waals surface area (Å²) in [6.07, 6.45) is 0. The minimum absolute atomic E-state index is 0.255. The molecular formula is C12H14O2. The number of hydrogen-bond acceptors (Lipinski definition) is 2. The molecule has 0 radical (unpaired) electrons. The van der Waals surface area contributed by atoms with E-state index in [4.69, 9.17) is 4.74 Å². The quantitative estimate of drug-likeness (QED) is 0.737. The second kappa shape index (κ2) is 3.05. The van der Waals surface area contributed by atoms with Gasteiger partial charge in [-0.25, -0.2) is 0 Å². The number of phenols is 1. The lowest BCUT2D eigenvalue weighted by molar-refractivity contribution is 0.336. The SMILES string of the molecule is C=C(C)c1cc2c(cc1O)OCC2C. The van der Waals surface area contributed by atoms with Crippen molar-refractivity contribution in [3.05, 3.63) is 29.8 Å². The van der Waals surface area contributed by atoms with Gasteiger partial charge in [-0.15, -0.1) is 0 Å². The minimum atomic E-state index is 0.255. The van der Waals surface area contributed by atoms with Crippen LogP contribution in [-0.2, 0) is 0 Å². The van der Waals surface area contributed by atoms with Crippen LogP contribution in [0.3, 0.4) is 0 Å². The highest BCUT2D eigenvalue weighted by atomic mass is 16.5. The molecule has 14 heavy (non-hydrogen) atoms. The monoisotopic (exact) mass is 190 g/mol. The molecule has 0 aromatic heterocycles. The molecule has 2 nitrogen and oxygen atoms in total. The second-order valence-corrected chi connectivity index (χ2v) is 3.90.